The molecule has 152 valence electrons. The van der Waals surface area contributed by atoms with Gasteiger partial charge < -0.3 is 20.3 Å². The Balaban J connectivity index is 0.00000625. The van der Waals surface area contributed by atoms with Gasteiger partial charge >= 0.3 is 0 Å². The van der Waals surface area contributed by atoms with Crippen molar-refractivity contribution in [1.82, 2.24) is 15.5 Å². The Morgan fingerprint density at radius 2 is 1.92 bits per heavy atom. The fourth-order valence-electron chi connectivity index (χ4n) is 3.04. The molecule has 0 heterocycles. The van der Waals surface area contributed by atoms with Crippen molar-refractivity contribution >= 4 is 35.8 Å². The van der Waals surface area contributed by atoms with Crippen LogP contribution in [0.15, 0.2) is 17.1 Å². The van der Waals surface area contributed by atoms with Crippen LogP contribution in [0.5, 0.6) is 0 Å². The number of halogens is 1. The van der Waals surface area contributed by atoms with Crippen LogP contribution in [-0.2, 0) is 9.53 Å². The zero-order valence-corrected chi connectivity index (χ0v) is 19.2. The smallest absolute Gasteiger partial charge is 0.243 e. The summed E-state index contributed by atoms with van der Waals surface area (Å²) in [5.74, 6) is 0.671. The van der Waals surface area contributed by atoms with Gasteiger partial charge in [0.2, 0.25) is 5.91 Å². The van der Waals surface area contributed by atoms with Gasteiger partial charge in [-0.1, -0.05) is 25.0 Å². The molecule has 1 saturated carbocycles. The highest BCUT2D eigenvalue weighted by atomic mass is 127. The Bertz CT molecular complexity index is 460. The number of guanidine groups is 1. The van der Waals surface area contributed by atoms with Crippen LogP contribution in [0, 0.1) is 5.41 Å². The van der Waals surface area contributed by atoms with Crippen LogP contribution >= 0.6 is 24.0 Å². The highest BCUT2D eigenvalue weighted by Gasteiger charge is 2.33. The first-order chi connectivity index (χ1) is 11.9. The number of hydrogen-bond acceptors (Lipinski definition) is 3. The second kappa shape index (κ2) is 13.4. The maximum absolute atomic E-state index is 11.8. The SMILES string of the molecule is C=C(C)CNC(=NCC(=O)N(C)C)NCC1(CCOCC)CCCC1.I. The second-order valence-electron chi connectivity index (χ2n) is 7.27. The van der Waals surface area contributed by atoms with E-state index in [1.54, 1.807) is 19.0 Å². The summed E-state index contributed by atoms with van der Waals surface area (Å²) in [5, 5.41) is 6.71. The number of likely N-dealkylation sites (N-methyl/N-ethyl adjacent to an activating group) is 1. The Morgan fingerprint density at radius 1 is 1.27 bits per heavy atom. The van der Waals surface area contributed by atoms with Crippen molar-refractivity contribution in [3.05, 3.63) is 12.2 Å². The average molecular weight is 480 g/mol. The summed E-state index contributed by atoms with van der Waals surface area (Å²) < 4.78 is 5.58. The van der Waals surface area contributed by atoms with Crippen LogP contribution in [0.3, 0.4) is 0 Å². The molecule has 1 aliphatic carbocycles. The molecular formula is C19H37IN4O2. The predicted octanol–water partition coefficient (Wildman–Crippen LogP) is 2.79. The van der Waals surface area contributed by atoms with Crippen LogP contribution in [0.4, 0.5) is 0 Å². The number of rotatable bonds is 10. The van der Waals surface area contributed by atoms with Gasteiger partial charge in [-0.2, -0.15) is 0 Å². The second-order valence-corrected chi connectivity index (χ2v) is 7.27. The molecule has 1 rings (SSSR count). The van der Waals surface area contributed by atoms with Crippen molar-refractivity contribution in [3.8, 4) is 0 Å². The average Bonchev–Trinajstić information content (AvgIpc) is 3.03. The number of carbonyl (C=O) groups excluding carboxylic acids is 1. The lowest BCUT2D eigenvalue weighted by Gasteiger charge is -2.30. The summed E-state index contributed by atoms with van der Waals surface area (Å²) in [6.07, 6.45) is 6.06. The number of aliphatic imine (C=N–C) groups is 1. The minimum atomic E-state index is -0.0108. The van der Waals surface area contributed by atoms with Crippen molar-refractivity contribution in [2.45, 2.75) is 46.0 Å². The standard InChI is InChI=1S/C19H36N4O2.HI/c1-6-25-12-11-19(9-7-8-10-19)15-22-18(20-13-16(2)3)21-14-17(24)23(4)5;/h2,6-15H2,1,3-5H3,(H2,20,21,22);1H. The molecule has 0 saturated heterocycles. The molecule has 0 radical (unpaired) electrons. The third-order valence-electron chi connectivity index (χ3n) is 4.70. The van der Waals surface area contributed by atoms with Crippen molar-refractivity contribution in [3.63, 3.8) is 0 Å². The van der Waals surface area contributed by atoms with E-state index in [2.05, 4.69) is 22.2 Å². The number of ether oxygens (including phenoxy) is 1. The number of nitrogens with one attached hydrogen (secondary N) is 2. The summed E-state index contributed by atoms with van der Waals surface area (Å²) in [6, 6.07) is 0. The van der Waals surface area contributed by atoms with Gasteiger partial charge in [0.05, 0.1) is 0 Å². The summed E-state index contributed by atoms with van der Waals surface area (Å²) >= 11 is 0. The van der Waals surface area contributed by atoms with Gasteiger partial charge in [-0.3, -0.25) is 4.79 Å². The molecule has 0 aromatic heterocycles. The molecule has 0 spiro atoms. The first-order valence-corrected chi connectivity index (χ1v) is 9.33. The van der Waals surface area contributed by atoms with Gasteiger partial charge in [-0.25, -0.2) is 4.99 Å². The molecule has 0 aliphatic heterocycles. The van der Waals surface area contributed by atoms with E-state index < -0.39 is 0 Å². The topological polar surface area (TPSA) is 66.0 Å². The zero-order chi connectivity index (χ0) is 18.7. The quantitative estimate of drug-likeness (QED) is 0.166. The Morgan fingerprint density at radius 3 is 2.46 bits per heavy atom. The van der Waals surface area contributed by atoms with Crippen LogP contribution in [0.2, 0.25) is 0 Å². The number of nitrogens with zero attached hydrogens (tertiary/aromatic N) is 2. The Kier molecular flexibility index (Phi) is 12.9. The van der Waals surface area contributed by atoms with Gasteiger partial charge in [0.25, 0.3) is 0 Å². The van der Waals surface area contributed by atoms with Crippen molar-refractivity contribution in [1.29, 1.82) is 0 Å². The van der Waals surface area contributed by atoms with Crippen LogP contribution in [0.1, 0.15) is 46.0 Å². The molecule has 0 aromatic rings. The summed E-state index contributed by atoms with van der Waals surface area (Å²) in [6.45, 7) is 11.1. The predicted molar refractivity (Wildman–Crippen MR) is 119 cm³/mol. The lowest BCUT2D eigenvalue weighted by atomic mass is 9.83. The first-order valence-electron chi connectivity index (χ1n) is 9.33. The molecule has 1 aliphatic rings. The third kappa shape index (κ3) is 9.75. The maximum Gasteiger partial charge on any atom is 0.243 e. The first kappa shape index (κ1) is 25.2. The van der Waals surface area contributed by atoms with Gasteiger partial charge in [0, 0.05) is 40.4 Å². The van der Waals surface area contributed by atoms with E-state index in [-0.39, 0.29) is 41.8 Å². The maximum atomic E-state index is 11.8. The minimum absolute atomic E-state index is 0. The minimum Gasteiger partial charge on any atom is -0.382 e. The van der Waals surface area contributed by atoms with Gasteiger partial charge in [0.15, 0.2) is 5.96 Å². The lowest BCUT2D eigenvalue weighted by Crippen LogP contribution is -2.44. The molecular weight excluding hydrogens is 443 g/mol. The van der Waals surface area contributed by atoms with E-state index in [0.717, 1.165) is 31.8 Å². The normalized spacial score (nSPS) is 15.9. The van der Waals surface area contributed by atoms with Crippen LogP contribution in [0.25, 0.3) is 0 Å². The van der Waals surface area contributed by atoms with Crippen LogP contribution < -0.4 is 10.6 Å². The Hall–Kier alpha value is -0.830. The van der Waals surface area contributed by atoms with Crippen molar-refractivity contribution in [2.24, 2.45) is 10.4 Å². The zero-order valence-electron chi connectivity index (χ0n) is 16.9. The van der Waals surface area contributed by atoms with E-state index >= 15 is 0 Å². The molecule has 6 nitrogen and oxygen atoms in total. The van der Waals surface area contributed by atoms with E-state index in [1.165, 1.54) is 25.7 Å². The van der Waals surface area contributed by atoms with E-state index in [9.17, 15) is 4.79 Å². The lowest BCUT2D eigenvalue weighted by molar-refractivity contribution is -0.127. The molecule has 0 atom stereocenters. The van der Waals surface area contributed by atoms with E-state index in [0.29, 0.717) is 12.5 Å². The highest BCUT2D eigenvalue weighted by molar-refractivity contribution is 14.0. The Labute approximate surface area is 176 Å². The molecule has 26 heavy (non-hydrogen) atoms. The fraction of sp³-hybridized carbons (Fsp3) is 0.789. The molecule has 0 unspecified atom stereocenters. The van der Waals surface area contributed by atoms with Crippen molar-refractivity contribution in [2.75, 3.05) is 46.9 Å². The summed E-state index contributed by atoms with van der Waals surface area (Å²) in [7, 11) is 3.49. The number of carbonyl (C=O) groups is 1. The third-order valence-corrected chi connectivity index (χ3v) is 4.70. The van der Waals surface area contributed by atoms with Gasteiger partial charge in [0.1, 0.15) is 6.54 Å². The fourth-order valence-corrected chi connectivity index (χ4v) is 3.04. The molecule has 7 heteroatoms. The monoisotopic (exact) mass is 480 g/mol. The molecule has 1 amide bonds. The largest absolute Gasteiger partial charge is 0.382 e. The molecule has 0 bridgehead atoms. The molecule has 2 N–H and O–H groups in total. The highest BCUT2D eigenvalue weighted by Crippen LogP contribution is 2.40. The molecule has 1 fully saturated rings. The van der Waals surface area contributed by atoms with Crippen molar-refractivity contribution < 1.29 is 9.53 Å². The van der Waals surface area contributed by atoms with Gasteiger partial charge in [-0.15, -0.1) is 24.0 Å². The van der Waals surface area contributed by atoms with Crippen LogP contribution in [-0.4, -0.2) is 63.7 Å². The molecule has 0 aromatic carbocycles. The number of amides is 1. The van der Waals surface area contributed by atoms with Gasteiger partial charge in [-0.05, 0) is 38.5 Å². The summed E-state index contributed by atoms with van der Waals surface area (Å²) in [5.41, 5.74) is 1.30. The van der Waals surface area contributed by atoms with E-state index in [4.69, 9.17) is 4.74 Å². The number of hydrogen-bond donors (Lipinski definition) is 2. The summed E-state index contributed by atoms with van der Waals surface area (Å²) in [4.78, 5) is 17.8. The van der Waals surface area contributed by atoms with E-state index in [1.807, 2.05) is 13.8 Å².